The molecule has 0 spiro atoms. The number of hydrogen-bond donors (Lipinski definition) is 1. The third-order valence-electron chi connectivity index (χ3n) is 3.68. The molecule has 2 nitrogen and oxygen atoms in total. The van der Waals surface area contributed by atoms with E-state index in [1.165, 1.54) is 23.0 Å². The molecule has 112 valence electrons. The van der Waals surface area contributed by atoms with E-state index in [1.54, 1.807) is 13.0 Å². The van der Waals surface area contributed by atoms with Gasteiger partial charge in [0.25, 0.3) is 5.91 Å². The quantitative estimate of drug-likeness (QED) is 0.753. The number of carbonyl (C=O) groups excluding carboxylic acids is 1. The minimum Gasteiger partial charge on any atom is -0.347 e. The van der Waals surface area contributed by atoms with E-state index in [2.05, 4.69) is 5.32 Å². The first kappa shape index (κ1) is 14.7. The summed E-state index contributed by atoms with van der Waals surface area (Å²) in [7, 11) is 0. The summed E-state index contributed by atoms with van der Waals surface area (Å²) in [5, 5.41) is 3.45. The van der Waals surface area contributed by atoms with Gasteiger partial charge >= 0.3 is 0 Å². The van der Waals surface area contributed by atoms with Crippen LogP contribution in [0.25, 0.3) is 10.1 Å². The molecule has 0 aliphatic heterocycles. The molecule has 1 amide bonds. The first-order chi connectivity index (χ1) is 10.6. The average molecular weight is 313 g/mol. The molecular formula is C18H16FNOS. The van der Waals surface area contributed by atoms with Crippen LogP contribution in [0, 0.1) is 19.7 Å². The molecule has 0 bridgehead atoms. The number of amides is 1. The monoisotopic (exact) mass is 313 g/mol. The van der Waals surface area contributed by atoms with Gasteiger partial charge in [-0.15, -0.1) is 11.3 Å². The van der Waals surface area contributed by atoms with Crippen LogP contribution in [0.2, 0.25) is 0 Å². The highest BCUT2D eigenvalue weighted by molar-refractivity contribution is 7.21. The maximum atomic E-state index is 13.9. The van der Waals surface area contributed by atoms with E-state index < -0.39 is 0 Å². The van der Waals surface area contributed by atoms with Crippen molar-refractivity contribution in [1.82, 2.24) is 5.32 Å². The number of rotatable bonds is 3. The van der Waals surface area contributed by atoms with Crippen molar-refractivity contribution in [3.05, 3.63) is 69.8 Å². The van der Waals surface area contributed by atoms with Gasteiger partial charge in [-0.25, -0.2) is 4.39 Å². The van der Waals surface area contributed by atoms with Crippen molar-refractivity contribution < 1.29 is 9.18 Å². The van der Waals surface area contributed by atoms with Gasteiger partial charge in [-0.1, -0.05) is 35.9 Å². The fourth-order valence-electron chi connectivity index (χ4n) is 2.44. The van der Waals surface area contributed by atoms with Gasteiger partial charge in [-0.2, -0.15) is 0 Å². The lowest BCUT2D eigenvalue weighted by Crippen LogP contribution is -2.22. The van der Waals surface area contributed by atoms with E-state index in [-0.39, 0.29) is 11.7 Å². The lowest BCUT2D eigenvalue weighted by Gasteiger charge is -2.05. The maximum Gasteiger partial charge on any atom is 0.261 e. The van der Waals surface area contributed by atoms with Crippen LogP contribution in [0.15, 0.2) is 42.5 Å². The normalized spacial score (nSPS) is 10.9. The molecule has 0 aliphatic carbocycles. The van der Waals surface area contributed by atoms with E-state index in [0.29, 0.717) is 22.4 Å². The molecule has 0 radical (unpaired) electrons. The van der Waals surface area contributed by atoms with E-state index in [9.17, 15) is 9.18 Å². The van der Waals surface area contributed by atoms with Crippen LogP contribution in [0.5, 0.6) is 0 Å². The Kier molecular flexibility index (Phi) is 3.94. The molecule has 0 saturated carbocycles. The van der Waals surface area contributed by atoms with E-state index in [1.807, 2.05) is 37.3 Å². The SMILES string of the molecule is Cc1ccc(CNC(=O)c2sc3cccc(F)c3c2C)cc1. The summed E-state index contributed by atoms with van der Waals surface area (Å²) in [6, 6.07) is 13.0. The van der Waals surface area contributed by atoms with E-state index in [4.69, 9.17) is 0 Å². The molecule has 3 rings (SSSR count). The molecule has 0 aliphatic rings. The van der Waals surface area contributed by atoms with Crippen molar-refractivity contribution >= 4 is 27.3 Å². The van der Waals surface area contributed by atoms with Gasteiger partial charge < -0.3 is 5.32 Å². The van der Waals surface area contributed by atoms with Crippen molar-refractivity contribution in [2.45, 2.75) is 20.4 Å². The van der Waals surface area contributed by atoms with E-state index >= 15 is 0 Å². The van der Waals surface area contributed by atoms with Gasteiger partial charge in [0.1, 0.15) is 5.82 Å². The third-order valence-corrected chi connectivity index (χ3v) is 4.94. The second-order valence-electron chi connectivity index (χ2n) is 5.34. The number of hydrogen-bond acceptors (Lipinski definition) is 2. The summed E-state index contributed by atoms with van der Waals surface area (Å²) in [6.45, 7) is 4.29. The standard InChI is InChI=1S/C18H16FNOS/c1-11-6-8-13(9-7-11)10-20-18(21)17-12(2)16-14(19)4-3-5-15(16)22-17/h3-9H,10H2,1-2H3,(H,20,21). The van der Waals surface area contributed by atoms with Crippen molar-refractivity contribution in [3.63, 3.8) is 0 Å². The molecule has 0 fully saturated rings. The molecule has 1 N–H and O–H groups in total. The average Bonchev–Trinajstić information content (AvgIpc) is 2.85. The zero-order chi connectivity index (χ0) is 15.7. The number of aryl methyl sites for hydroxylation is 2. The van der Waals surface area contributed by atoms with Crippen molar-refractivity contribution in [2.24, 2.45) is 0 Å². The highest BCUT2D eigenvalue weighted by Gasteiger charge is 2.17. The number of benzene rings is 2. The van der Waals surface area contributed by atoms with Crippen LogP contribution in [0.4, 0.5) is 4.39 Å². The zero-order valence-electron chi connectivity index (χ0n) is 12.4. The molecule has 0 saturated heterocycles. The number of thiophene rings is 1. The van der Waals surface area contributed by atoms with Gasteiger partial charge in [0, 0.05) is 16.6 Å². The van der Waals surface area contributed by atoms with Crippen LogP contribution in [-0.2, 0) is 6.54 Å². The Morgan fingerprint density at radius 2 is 1.86 bits per heavy atom. The molecular weight excluding hydrogens is 297 g/mol. The molecule has 1 aromatic heterocycles. The van der Waals surface area contributed by atoms with Crippen molar-refractivity contribution in [3.8, 4) is 0 Å². The van der Waals surface area contributed by atoms with Crippen LogP contribution < -0.4 is 5.32 Å². The van der Waals surface area contributed by atoms with Gasteiger partial charge in [0.2, 0.25) is 0 Å². The number of halogens is 1. The highest BCUT2D eigenvalue weighted by atomic mass is 32.1. The topological polar surface area (TPSA) is 29.1 Å². The van der Waals surface area contributed by atoms with Crippen molar-refractivity contribution in [1.29, 1.82) is 0 Å². The van der Waals surface area contributed by atoms with Gasteiger partial charge in [0.15, 0.2) is 0 Å². The van der Waals surface area contributed by atoms with Crippen LogP contribution in [0.3, 0.4) is 0 Å². The Labute approximate surface area is 132 Å². The number of fused-ring (bicyclic) bond motifs is 1. The smallest absolute Gasteiger partial charge is 0.261 e. The second kappa shape index (κ2) is 5.89. The summed E-state index contributed by atoms with van der Waals surface area (Å²) >= 11 is 1.33. The largest absolute Gasteiger partial charge is 0.347 e. The van der Waals surface area contributed by atoms with E-state index in [0.717, 1.165) is 10.3 Å². The van der Waals surface area contributed by atoms with Crippen LogP contribution in [-0.4, -0.2) is 5.91 Å². The summed E-state index contributed by atoms with van der Waals surface area (Å²) in [6.07, 6.45) is 0. The second-order valence-corrected chi connectivity index (χ2v) is 6.39. The van der Waals surface area contributed by atoms with Gasteiger partial charge in [-0.3, -0.25) is 4.79 Å². The Morgan fingerprint density at radius 1 is 1.14 bits per heavy atom. The summed E-state index contributed by atoms with van der Waals surface area (Å²) < 4.78 is 14.7. The first-order valence-electron chi connectivity index (χ1n) is 7.07. The van der Waals surface area contributed by atoms with Crippen LogP contribution >= 0.6 is 11.3 Å². The molecule has 2 aromatic carbocycles. The molecule has 4 heteroatoms. The molecule has 22 heavy (non-hydrogen) atoms. The first-order valence-corrected chi connectivity index (χ1v) is 7.89. The summed E-state index contributed by atoms with van der Waals surface area (Å²) in [4.78, 5) is 12.9. The zero-order valence-corrected chi connectivity index (χ0v) is 13.3. The highest BCUT2D eigenvalue weighted by Crippen LogP contribution is 2.32. The molecule has 0 unspecified atom stereocenters. The molecule has 1 heterocycles. The third kappa shape index (κ3) is 2.74. The van der Waals surface area contributed by atoms with Gasteiger partial charge in [0.05, 0.1) is 4.88 Å². The predicted molar refractivity (Wildman–Crippen MR) is 88.9 cm³/mol. The summed E-state index contributed by atoms with van der Waals surface area (Å²) in [5.74, 6) is -0.428. The minimum atomic E-state index is -0.274. The lowest BCUT2D eigenvalue weighted by molar-refractivity contribution is 0.0954. The fraction of sp³-hybridized carbons (Fsp3) is 0.167. The summed E-state index contributed by atoms with van der Waals surface area (Å²) in [5.41, 5.74) is 2.94. The maximum absolute atomic E-state index is 13.9. The Bertz CT molecular complexity index is 836. The van der Waals surface area contributed by atoms with Crippen molar-refractivity contribution in [2.75, 3.05) is 0 Å². The predicted octanol–water partition coefficient (Wildman–Crippen LogP) is 4.59. The number of nitrogens with one attached hydrogen (secondary N) is 1. The van der Waals surface area contributed by atoms with Gasteiger partial charge in [-0.05, 0) is 37.1 Å². The number of carbonyl (C=O) groups is 1. The Morgan fingerprint density at radius 3 is 2.55 bits per heavy atom. The fourth-order valence-corrected chi connectivity index (χ4v) is 3.58. The molecule has 3 aromatic rings. The van der Waals surface area contributed by atoms with Crippen LogP contribution in [0.1, 0.15) is 26.4 Å². The minimum absolute atomic E-state index is 0.154. The Hall–Kier alpha value is -2.20. The lowest BCUT2D eigenvalue weighted by atomic mass is 10.1. The molecule has 0 atom stereocenters. The Balaban J connectivity index is 1.82.